The highest BCUT2D eigenvalue weighted by Crippen LogP contribution is 2.16. The van der Waals surface area contributed by atoms with Gasteiger partial charge in [-0.25, -0.2) is 13.1 Å². The molecular formula is C17H23N5O5S. The van der Waals surface area contributed by atoms with E-state index in [4.69, 9.17) is 4.42 Å². The van der Waals surface area contributed by atoms with E-state index in [0.29, 0.717) is 25.5 Å². The zero-order valence-electron chi connectivity index (χ0n) is 15.4. The maximum absolute atomic E-state index is 12.3. The van der Waals surface area contributed by atoms with E-state index >= 15 is 0 Å². The van der Waals surface area contributed by atoms with E-state index in [9.17, 15) is 18.5 Å². The van der Waals surface area contributed by atoms with E-state index in [0.717, 1.165) is 11.8 Å². The number of rotatable bonds is 10. The van der Waals surface area contributed by atoms with Gasteiger partial charge in [0.05, 0.1) is 22.6 Å². The van der Waals surface area contributed by atoms with Crippen molar-refractivity contribution in [1.29, 1.82) is 0 Å². The Hall–Kier alpha value is -2.92. The van der Waals surface area contributed by atoms with Gasteiger partial charge >= 0.3 is 0 Å². The Morgan fingerprint density at radius 1 is 1.21 bits per heavy atom. The summed E-state index contributed by atoms with van der Waals surface area (Å²) in [4.78, 5) is 14.3. The Balaban J connectivity index is 1.86. The van der Waals surface area contributed by atoms with Crippen molar-refractivity contribution >= 4 is 21.7 Å². The summed E-state index contributed by atoms with van der Waals surface area (Å²) < 4.78 is 32.2. The van der Waals surface area contributed by atoms with E-state index in [1.807, 2.05) is 19.1 Å². The topological polar surface area (TPSA) is 139 Å². The van der Waals surface area contributed by atoms with Crippen molar-refractivity contribution in [2.24, 2.45) is 4.99 Å². The van der Waals surface area contributed by atoms with Crippen molar-refractivity contribution in [2.75, 3.05) is 26.2 Å². The largest absolute Gasteiger partial charge is 0.469 e. The Morgan fingerprint density at radius 3 is 2.71 bits per heavy atom. The molecule has 0 spiro atoms. The maximum Gasteiger partial charge on any atom is 0.270 e. The van der Waals surface area contributed by atoms with Crippen molar-refractivity contribution in [2.45, 2.75) is 18.2 Å². The number of nitro benzene ring substituents is 1. The van der Waals surface area contributed by atoms with Crippen LogP contribution < -0.4 is 15.4 Å². The van der Waals surface area contributed by atoms with Gasteiger partial charge in [-0.2, -0.15) is 0 Å². The fourth-order valence-corrected chi connectivity index (χ4v) is 3.36. The summed E-state index contributed by atoms with van der Waals surface area (Å²) in [5.74, 6) is 1.41. The predicted molar refractivity (Wildman–Crippen MR) is 105 cm³/mol. The maximum atomic E-state index is 12.3. The lowest BCUT2D eigenvalue weighted by Gasteiger charge is -2.11. The summed E-state index contributed by atoms with van der Waals surface area (Å²) in [6.45, 7) is 3.45. The smallest absolute Gasteiger partial charge is 0.270 e. The molecule has 28 heavy (non-hydrogen) atoms. The molecule has 2 rings (SSSR count). The van der Waals surface area contributed by atoms with Crippen molar-refractivity contribution in [3.63, 3.8) is 0 Å². The van der Waals surface area contributed by atoms with Crippen LogP contribution in [-0.4, -0.2) is 45.5 Å². The first kappa shape index (κ1) is 21.4. The molecule has 0 radical (unpaired) electrons. The lowest BCUT2D eigenvalue weighted by atomic mass is 10.3. The number of sulfonamides is 1. The van der Waals surface area contributed by atoms with E-state index < -0.39 is 14.9 Å². The molecule has 11 heteroatoms. The summed E-state index contributed by atoms with van der Waals surface area (Å²) >= 11 is 0. The van der Waals surface area contributed by atoms with Gasteiger partial charge in [-0.15, -0.1) is 0 Å². The molecule has 0 aliphatic rings. The second kappa shape index (κ2) is 10.4. The lowest BCUT2D eigenvalue weighted by molar-refractivity contribution is -0.385. The molecule has 0 amide bonds. The molecule has 0 atom stereocenters. The Kier molecular flexibility index (Phi) is 7.96. The molecule has 0 bridgehead atoms. The van der Waals surface area contributed by atoms with Gasteiger partial charge in [-0.3, -0.25) is 15.1 Å². The average Bonchev–Trinajstić information content (AvgIpc) is 3.18. The number of non-ortho nitro benzene ring substituents is 1. The van der Waals surface area contributed by atoms with Crippen LogP contribution in [0.3, 0.4) is 0 Å². The number of guanidine groups is 1. The van der Waals surface area contributed by atoms with Gasteiger partial charge < -0.3 is 15.1 Å². The molecule has 0 saturated heterocycles. The number of nitro groups is 1. The number of hydrogen-bond donors (Lipinski definition) is 3. The van der Waals surface area contributed by atoms with E-state index in [2.05, 4.69) is 20.3 Å². The third-order valence-corrected chi connectivity index (χ3v) is 5.06. The SMILES string of the molecule is CCNC(=NCCNS(=O)(=O)c1cccc([N+](=O)[O-])c1)NCCc1ccco1. The fraction of sp³-hybridized carbons (Fsp3) is 0.353. The fourth-order valence-electron chi connectivity index (χ4n) is 2.30. The minimum atomic E-state index is -3.85. The van der Waals surface area contributed by atoms with Gasteiger partial charge in [0.25, 0.3) is 5.69 Å². The minimum absolute atomic E-state index is 0.0553. The number of furan rings is 1. The number of hydrogen-bond acceptors (Lipinski definition) is 6. The van der Waals surface area contributed by atoms with Gasteiger partial charge in [0, 0.05) is 38.2 Å². The average molecular weight is 409 g/mol. The molecule has 1 aromatic heterocycles. The monoisotopic (exact) mass is 409 g/mol. The van der Waals surface area contributed by atoms with Gasteiger partial charge in [0.2, 0.25) is 10.0 Å². The molecule has 152 valence electrons. The van der Waals surface area contributed by atoms with Gasteiger partial charge in [-0.05, 0) is 25.1 Å². The van der Waals surface area contributed by atoms with Crippen LogP contribution >= 0.6 is 0 Å². The Bertz CT molecular complexity index is 896. The molecule has 0 aliphatic heterocycles. The Morgan fingerprint density at radius 2 is 2.04 bits per heavy atom. The van der Waals surface area contributed by atoms with Crippen molar-refractivity contribution in [3.05, 3.63) is 58.5 Å². The molecule has 3 N–H and O–H groups in total. The van der Waals surface area contributed by atoms with Crippen LogP contribution in [0.5, 0.6) is 0 Å². The van der Waals surface area contributed by atoms with Gasteiger partial charge in [-0.1, -0.05) is 6.07 Å². The van der Waals surface area contributed by atoms with Crippen LogP contribution in [0.25, 0.3) is 0 Å². The second-order valence-electron chi connectivity index (χ2n) is 5.67. The number of aliphatic imine (C=N–C) groups is 1. The number of benzene rings is 1. The Labute approximate surface area is 163 Å². The second-order valence-corrected chi connectivity index (χ2v) is 7.44. The first-order chi connectivity index (χ1) is 13.4. The van der Waals surface area contributed by atoms with Gasteiger partial charge in [0.15, 0.2) is 5.96 Å². The third-order valence-electron chi connectivity index (χ3n) is 3.60. The summed E-state index contributed by atoms with van der Waals surface area (Å²) in [5.41, 5.74) is -0.281. The third kappa shape index (κ3) is 6.67. The normalized spacial score (nSPS) is 12.0. The van der Waals surface area contributed by atoms with Crippen LogP contribution in [0.15, 0.2) is 57.0 Å². The predicted octanol–water partition coefficient (Wildman–Crippen LogP) is 1.26. The standard InChI is InChI=1S/C17H23N5O5S/c1-2-18-17(19-9-8-15-6-4-12-27-15)20-10-11-21-28(25,26)16-7-3-5-14(13-16)22(23)24/h3-7,12-13,21H,2,8-11H2,1H3,(H2,18,19,20). The van der Waals surface area contributed by atoms with Crippen LogP contribution in [0.1, 0.15) is 12.7 Å². The summed E-state index contributed by atoms with van der Waals surface area (Å²) in [5, 5.41) is 17.0. The van der Waals surface area contributed by atoms with Crippen LogP contribution in [-0.2, 0) is 16.4 Å². The molecule has 1 aromatic carbocycles. The number of nitrogens with zero attached hydrogens (tertiary/aromatic N) is 2. The van der Waals surface area contributed by atoms with Gasteiger partial charge in [0.1, 0.15) is 5.76 Å². The highest BCUT2D eigenvalue weighted by atomic mass is 32.2. The summed E-state index contributed by atoms with van der Waals surface area (Å²) in [6.07, 6.45) is 2.30. The highest BCUT2D eigenvalue weighted by molar-refractivity contribution is 7.89. The van der Waals surface area contributed by atoms with Crippen molar-refractivity contribution < 1.29 is 17.8 Å². The lowest BCUT2D eigenvalue weighted by Crippen LogP contribution is -2.39. The van der Waals surface area contributed by atoms with E-state index in [-0.39, 0.29) is 23.7 Å². The zero-order valence-corrected chi connectivity index (χ0v) is 16.2. The molecule has 10 nitrogen and oxygen atoms in total. The summed E-state index contributed by atoms with van der Waals surface area (Å²) in [7, 11) is -3.85. The van der Waals surface area contributed by atoms with Crippen molar-refractivity contribution in [1.82, 2.24) is 15.4 Å². The van der Waals surface area contributed by atoms with Crippen LogP contribution in [0.2, 0.25) is 0 Å². The molecular weight excluding hydrogens is 386 g/mol. The van der Waals surface area contributed by atoms with Crippen LogP contribution in [0, 0.1) is 10.1 Å². The quantitative estimate of drug-likeness (QED) is 0.176. The van der Waals surface area contributed by atoms with Crippen LogP contribution in [0.4, 0.5) is 5.69 Å². The molecule has 0 saturated carbocycles. The molecule has 2 aromatic rings. The van der Waals surface area contributed by atoms with E-state index in [1.54, 1.807) is 6.26 Å². The number of nitrogens with one attached hydrogen (secondary N) is 3. The van der Waals surface area contributed by atoms with E-state index in [1.165, 1.54) is 18.2 Å². The minimum Gasteiger partial charge on any atom is -0.469 e. The molecule has 0 unspecified atom stereocenters. The highest BCUT2D eigenvalue weighted by Gasteiger charge is 2.16. The molecule has 1 heterocycles. The first-order valence-electron chi connectivity index (χ1n) is 8.71. The first-order valence-corrected chi connectivity index (χ1v) is 10.2. The molecule has 0 fully saturated rings. The molecule has 0 aliphatic carbocycles. The van der Waals surface area contributed by atoms with Crippen molar-refractivity contribution in [3.8, 4) is 0 Å². The summed E-state index contributed by atoms with van der Waals surface area (Å²) in [6, 6.07) is 8.60. The zero-order chi connectivity index (χ0) is 20.4.